The van der Waals surface area contributed by atoms with E-state index in [2.05, 4.69) is 88.4 Å². The molecule has 0 heterocycles. The van der Waals surface area contributed by atoms with Crippen LogP contribution in [0, 0.1) is 104 Å². The molecule has 0 amide bonds. The first-order chi connectivity index (χ1) is 63.4. The third-order valence-corrected chi connectivity index (χ3v) is 23.0. The molecule has 0 atom stereocenters. The third kappa shape index (κ3) is 32.3. The minimum Gasteiger partial charge on any atom is -0.399 e. The summed E-state index contributed by atoms with van der Waals surface area (Å²) in [6, 6.07) is 96.4. The maximum absolute atomic E-state index is 6.00. The number of rotatable bonds is 9. The van der Waals surface area contributed by atoms with Crippen LogP contribution in [0.2, 0.25) is 0 Å². The Balaban J connectivity index is 0.000000205. The predicted octanol–water partition coefficient (Wildman–Crippen LogP) is 22.9. The smallest absolute Gasteiger partial charge is 0.0395 e. The molecule has 696 valence electrons. The van der Waals surface area contributed by atoms with Gasteiger partial charge in [-0.3, -0.25) is 0 Å². The zero-order valence-electron chi connectivity index (χ0n) is 80.5. The van der Waals surface area contributed by atoms with E-state index >= 15 is 0 Å². The van der Waals surface area contributed by atoms with Crippen molar-refractivity contribution in [2.24, 2.45) is 0 Å². The van der Waals surface area contributed by atoms with Gasteiger partial charge < -0.3 is 115 Å². The third-order valence-electron chi connectivity index (χ3n) is 23.0. The summed E-state index contributed by atoms with van der Waals surface area (Å²) in [5.74, 6) is 0. The van der Waals surface area contributed by atoms with Gasteiger partial charge in [-0.2, -0.15) is 0 Å². The van der Waals surface area contributed by atoms with Crippen LogP contribution in [-0.2, 0) is 19.3 Å². The molecule has 134 heavy (non-hydrogen) atoms. The number of benzene rings is 16. The number of anilines is 20. The topological polar surface area (TPSA) is 520 Å². The van der Waals surface area contributed by atoms with E-state index in [1.165, 1.54) is 38.9 Å². The van der Waals surface area contributed by atoms with Gasteiger partial charge in [0.05, 0.1) is 0 Å². The Morgan fingerprint density at radius 2 is 0.403 bits per heavy atom. The highest BCUT2D eigenvalue weighted by Crippen LogP contribution is 2.34. The minimum absolute atomic E-state index is 0.734. The van der Waals surface area contributed by atoms with E-state index in [1.807, 2.05) is 282 Å². The lowest BCUT2D eigenvalue weighted by molar-refractivity contribution is 1.15. The zero-order valence-corrected chi connectivity index (χ0v) is 80.5. The Morgan fingerprint density at radius 1 is 0.149 bits per heavy atom. The van der Waals surface area contributed by atoms with E-state index in [0.29, 0.717) is 0 Å². The second-order valence-electron chi connectivity index (χ2n) is 33.9. The van der Waals surface area contributed by atoms with Crippen molar-refractivity contribution in [2.75, 3.05) is 115 Å². The molecule has 16 rings (SSSR count). The molecule has 16 aromatic rings. The zero-order chi connectivity index (χ0) is 98.9. The standard InChI is InChI=1S/C17H22N2.C16H20N2.2C13H14N2.2C12H12N2.C10H16N2.C8H12N2.C7H10N2.C6H8N2/c1-10-5-14(6-11(2)16(10)18)9-15-7-12(3)17(19)13(4)8-15;1-9-5-13(6-10(2)15(9)17)14-7-11(3)16(18)12(4)8-14;14-12-5-1-10(2-6-12)9-11-3-7-13(15)8-4-11;14-12-6-7-13(15)11(9-12)8-10-4-2-1-3-5-10;13-11-5-1-9(2-6-11)10-3-7-12(14)8-4-10;13-10-6-7-12(14)11(8-10)9-4-2-1-3-5-9;1-5-6(2)10(12)8(4)7(3)9(5)11;1-5-3-8(10)6(2)4-7(5)9;1-5-4-6(8)2-3-7(5)9;7-5-1-2-6(8)4-3-5/h5-8H,9,18-19H2,1-4H3;5-8H,17-18H2,1-4H3;1-8H,9,14-15H2;1-7,9H,8,14-15H2;2*1-8H,13-14H2;11-12H2,1-4H3;3-4H,9-10H2,1-2H3;2-4H,8-9H2,1H3;1-4H,7-8H2. The molecule has 0 radical (unpaired) electrons. The Kier molecular flexibility index (Phi) is 38.9. The molecule has 0 unspecified atom stereocenters. The van der Waals surface area contributed by atoms with Gasteiger partial charge in [0.1, 0.15) is 0 Å². The average molecular weight is 1790 g/mol. The summed E-state index contributed by atoms with van der Waals surface area (Å²) < 4.78 is 0. The minimum atomic E-state index is 0.734. The predicted molar refractivity (Wildman–Crippen MR) is 588 cm³/mol. The van der Waals surface area contributed by atoms with Gasteiger partial charge in [0.25, 0.3) is 0 Å². The van der Waals surface area contributed by atoms with Crippen LogP contribution in [0.25, 0.3) is 33.4 Å². The highest BCUT2D eigenvalue weighted by molar-refractivity contribution is 5.80. The normalized spacial score (nSPS) is 10.1. The van der Waals surface area contributed by atoms with E-state index in [9.17, 15) is 0 Å². The van der Waals surface area contributed by atoms with Crippen molar-refractivity contribution in [3.63, 3.8) is 0 Å². The van der Waals surface area contributed by atoms with E-state index in [4.69, 9.17) is 115 Å². The summed E-state index contributed by atoms with van der Waals surface area (Å²) in [7, 11) is 0. The fourth-order valence-corrected chi connectivity index (χ4v) is 14.2. The summed E-state index contributed by atoms with van der Waals surface area (Å²) >= 11 is 0. The fraction of sp³-hybridized carbons (Fsp3) is 0.158. The molecule has 20 nitrogen and oxygen atoms in total. The van der Waals surface area contributed by atoms with Gasteiger partial charge in [-0.15, -0.1) is 0 Å². The quantitative estimate of drug-likeness (QED) is 0.0597. The van der Waals surface area contributed by atoms with E-state index in [0.717, 1.165) is 244 Å². The molecular formula is C114H140N20. The van der Waals surface area contributed by atoms with Crippen LogP contribution in [0.3, 0.4) is 0 Å². The molecule has 0 saturated carbocycles. The van der Waals surface area contributed by atoms with Crippen molar-refractivity contribution in [3.8, 4) is 33.4 Å². The highest BCUT2D eigenvalue weighted by atomic mass is 14.7. The van der Waals surface area contributed by atoms with Crippen molar-refractivity contribution >= 4 is 114 Å². The van der Waals surface area contributed by atoms with Crippen LogP contribution in [-0.4, -0.2) is 0 Å². The lowest BCUT2D eigenvalue weighted by Gasteiger charge is -2.14. The maximum atomic E-state index is 6.00. The lowest BCUT2D eigenvalue weighted by Crippen LogP contribution is -2.04. The van der Waals surface area contributed by atoms with Crippen LogP contribution in [0.4, 0.5) is 114 Å². The monoisotopic (exact) mass is 1790 g/mol. The van der Waals surface area contributed by atoms with E-state index in [-0.39, 0.29) is 0 Å². The number of hydrogen-bond donors (Lipinski definition) is 20. The molecule has 0 aliphatic heterocycles. The second kappa shape index (κ2) is 49.9. The molecule has 0 fully saturated rings. The van der Waals surface area contributed by atoms with E-state index in [1.54, 1.807) is 30.3 Å². The number of nitrogen functional groups attached to an aromatic ring is 20. The summed E-state index contributed by atoms with van der Waals surface area (Å²) in [6.07, 6.45) is 2.67. The Labute approximate surface area is 794 Å². The maximum Gasteiger partial charge on any atom is 0.0395 e. The molecule has 0 bridgehead atoms. The van der Waals surface area contributed by atoms with Gasteiger partial charge in [-0.05, 0) is 432 Å². The lowest BCUT2D eigenvalue weighted by atomic mass is 9.95. The Bertz CT molecular complexity index is 6050. The van der Waals surface area contributed by atoms with Crippen molar-refractivity contribution in [1.82, 2.24) is 0 Å². The number of aryl methyl sites for hydroxylation is 11. The van der Waals surface area contributed by atoms with Crippen molar-refractivity contribution < 1.29 is 0 Å². The van der Waals surface area contributed by atoms with Gasteiger partial charge in [-0.25, -0.2) is 0 Å². The highest BCUT2D eigenvalue weighted by Gasteiger charge is 2.13. The Hall–Kier alpha value is -16.5. The molecule has 20 heteroatoms. The van der Waals surface area contributed by atoms with Crippen LogP contribution in [0.1, 0.15) is 117 Å². The van der Waals surface area contributed by atoms with Gasteiger partial charge in [0.15, 0.2) is 0 Å². The van der Waals surface area contributed by atoms with Crippen LogP contribution < -0.4 is 115 Å². The average Bonchev–Trinajstić information content (AvgIpc) is 0.825. The fourth-order valence-electron chi connectivity index (χ4n) is 14.2. The van der Waals surface area contributed by atoms with Gasteiger partial charge in [0.2, 0.25) is 0 Å². The van der Waals surface area contributed by atoms with Crippen molar-refractivity contribution in [1.29, 1.82) is 0 Å². The molecule has 0 aliphatic carbocycles. The van der Waals surface area contributed by atoms with Gasteiger partial charge in [0, 0.05) is 119 Å². The molecule has 0 saturated heterocycles. The summed E-state index contributed by atoms with van der Waals surface area (Å²) in [4.78, 5) is 0. The molecule has 0 aliphatic rings. The van der Waals surface area contributed by atoms with Crippen molar-refractivity contribution in [2.45, 2.75) is 123 Å². The molecule has 40 N–H and O–H groups in total. The van der Waals surface area contributed by atoms with Crippen molar-refractivity contribution in [3.05, 3.63) is 414 Å². The van der Waals surface area contributed by atoms with E-state index < -0.39 is 0 Å². The Morgan fingerprint density at radius 3 is 0.731 bits per heavy atom. The van der Waals surface area contributed by atoms with Crippen LogP contribution in [0.5, 0.6) is 0 Å². The molecule has 0 aromatic heterocycles. The molecular weight excluding hydrogens is 1650 g/mol. The first-order valence-electron chi connectivity index (χ1n) is 44.1. The van der Waals surface area contributed by atoms with Gasteiger partial charge >= 0.3 is 0 Å². The summed E-state index contributed by atoms with van der Waals surface area (Å²) in [5, 5.41) is 0. The van der Waals surface area contributed by atoms with Gasteiger partial charge in [-0.1, -0.05) is 133 Å². The number of nitrogens with two attached hydrogens (primary N) is 20. The molecule has 0 spiro atoms. The van der Waals surface area contributed by atoms with Crippen LogP contribution in [0.15, 0.2) is 297 Å². The second-order valence-corrected chi connectivity index (χ2v) is 33.9. The number of hydrogen-bond acceptors (Lipinski definition) is 20. The largest absolute Gasteiger partial charge is 0.399 e. The SMILES string of the molecule is Cc1c(C)c(N)c(C)c(C)c1N.Cc1cc(-c2cc(C)c(N)c(C)c2)cc(C)c1N.Cc1cc(Cc2cc(C)c(N)c(C)c2)cc(C)c1N.Cc1cc(N)c(C)cc1N.Cc1cc(N)ccc1N.Nc1ccc(-c2ccc(N)cc2)cc1.Nc1ccc(Cc2ccc(N)cc2)cc1.Nc1ccc(N)c(-c2ccccc2)c1.Nc1ccc(N)c(Cc2ccccc2)c1.Nc1ccc(N)cc1. The first-order valence-corrected chi connectivity index (χ1v) is 44.1. The summed E-state index contributed by atoms with van der Waals surface area (Å²) in [6.45, 7) is 30.3. The first kappa shape index (κ1) is 105. The summed E-state index contributed by atoms with van der Waals surface area (Å²) in [5.41, 5.74) is 162. The molecule has 16 aromatic carbocycles. The van der Waals surface area contributed by atoms with Crippen LogP contribution >= 0.6 is 0 Å².